The number of thiophene rings is 1. The maximum atomic E-state index is 12.8. The van der Waals surface area contributed by atoms with Crippen molar-refractivity contribution in [3.63, 3.8) is 0 Å². The number of likely N-dealkylation sites (tertiary alicyclic amines) is 1. The molecule has 4 nitrogen and oxygen atoms in total. The summed E-state index contributed by atoms with van der Waals surface area (Å²) in [6.07, 6.45) is -1.79. The molecule has 0 spiro atoms. The number of hydrogen-bond donors (Lipinski definition) is 0. The zero-order valence-corrected chi connectivity index (χ0v) is 19.0. The number of piperidine rings is 1. The molecule has 2 aliphatic rings. The topological polar surface area (TPSA) is 40.6 Å². The van der Waals surface area contributed by atoms with Gasteiger partial charge in [0.15, 0.2) is 0 Å². The monoisotopic (exact) mass is 500 g/mol. The van der Waals surface area contributed by atoms with Crippen LogP contribution < -0.4 is 0 Å². The molecule has 0 bridgehead atoms. The number of sulfonamides is 1. The van der Waals surface area contributed by atoms with Gasteiger partial charge in [0.2, 0.25) is 0 Å². The van der Waals surface area contributed by atoms with E-state index in [-0.39, 0.29) is 50.9 Å². The molecule has 162 valence electrons. The van der Waals surface area contributed by atoms with Crippen molar-refractivity contribution in [2.75, 3.05) is 20.1 Å². The lowest BCUT2D eigenvalue weighted by molar-refractivity contribution is -0.186. The van der Waals surface area contributed by atoms with E-state index in [1.54, 1.807) is 7.05 Å². The van der Waals surface area contributed by atoms with Gasteiger partial charge in [-0.05, 0) is 51.3 Å². The van der Waals surface area contributed by atoms with Gasteiger partial charge in [0.25, 0.3) is 10.0 Å². The van der Waals surface area contributed by atoms with Gasteiger partial charge in [-0.3, -0.25) is 0 Å². The first-order valence-corrected chi connectivity index (χ1v) is 11.7. The quantitative estimate of drug-likeness (QED) is 0.563. The molecule has 1 aliphatic heterocycles. The highest BCUT2D eigenvalue weighted by atomic mass is 35.5. The summed E-state index contributed by atoms with van der Waals surface area (Å²) in [7, 11) is -2.15. The molecule has 28 heavy (non-hydrogen) atoms. The zero-order valence-electron chi connectivity index (χ0n) is 15.1. The Morgan fingerprint density at radius 3 is 2.29 bits per heavy atom. The average Bonchev–Trinajstić information content (AvgIpc) is 3.21. The molecule has 1 saturated heterocycles. The summed E-state index contributed by atoms with van der Waals surface area (Å²) in [5.41, 5.74) is 0. The third-order valence-electron chi connectivity index (χ3n) is 5.66. The van der Waals surface area contributed by atoms with E-state index in [2.05, 4.69) is 4.90 Å². The number of hydrogen-bond acceptors (Lipinski definition) is 4. The van der Waals surface area contributed by atoms with Crippen molar-refractivity contribution in [1.29, 1.82) is 0 Å². The van der Waals surface area contributed by atoms with Crippen LogP contribution in [0.4, 0.5) is 13.2 Å². The standard InChI is InChI=1S/C16H21Cl2F3N2O2S2.ClH/c1-22(27(24,25)14-9-13(17)15(18)26-14)11-2-3-12(8-11)23-6-4-10(5-7-23)16(19,20)21;/h9-12H,2-8H2,1H3;1H/t11-,12+;/m1./s1. The molecule has 0 N–H and O–H groups in total. The highest BCUT2D eigenvalue weighted by Gasteiger charge is 2.43. The first kappa shape index (κ1) is 24.5. The Hall–Kier alpha value is 0.230. The zero-order chi connectivity index (χ0) is 20.0. The Morgan fingerprint density at radius 1 is 1.18 bits per heavy atom. The fraction of sp³-hybridized carbons (Fsp3) is 0.750. The molecule has 12 heteroatoms. The van der Waals surface area contributed by atoms with Gasteiger partial charge < -0.3 is 4.90 Å². The third kappa shape index (κ3) is 5.10. The van der Waals surface area contributed by atoms with Crippen molar-refractivity contribution in [3.05, 3.63) is 15.4 Å². The maximum absolute atomic E-state index is 12.8. The fourth-order valence-corrected chi connectivity index (χ4v) is 7.44. The Labute approximate surface area is 183 Å². The maximum Gasteiger partial charge on any atom is 0.391 e. The summed E-state index contributed by atoms with van der Waals surface area (Å²) >= 11 is 12.7. The van der Waals surface area contributed by atoms with E-state index >= 15 is 0 Å². The second kappa shape index (κ2) is 9.16. The van der Waals surface area contributed by atoms with Crippen LogP contribution in [0.3, 0.4) is 0 Å². The predicted molar refractivity (Wildman–Crippen MR) is 108 cm³/mol. The minimum Gasteiger partial charge on any atom is -0.300 e. The van der Waals surface area contributed by atoms with Crippen LogP contribution in [0.1, 0.15) is 32.1 Å². The van der Waals surface area contributed by atoms with Crippen molar-refractivity contribution >= 4 is 57.0 Å². The van der Waals surface area contributed by atoms with E-state index < -0.39 is 22.1 Å². The smallest absolute Gasteiger partial charge is 0.300 e. The highest BCUT2D eigenvalue weighted by Crippen LogP contribution is 2.39. The van der Waals surface area contributed by atoms with E-state index in [0.717, 1.165) is 17.8 Å². The molecule has 0 radical (unpaired) electrons. The largest absolute Gasteiger partial charge is 0.391 e. The molecule has 2 heterocycles. The van der Waals surface area contributed by atoms with E-state index in [0.29, 0.717) is 25.9 Å². The van der Waals surface area contributed by atoms with Gasteiger partial charge in [0, 0.05) is 19.1 Å². The number of rotatable bonds is 4. The predicted octanol–water partition coefficient (Wildman–Crippen LogP) is 5.29. The summed E-state index contributed by atoms with van der Waals surface area (Å²) in [5.74, 6) is -1.22. The van der Waals surface area contributed by atoms with Crippen molar-refractivity contribution < 1.29 is 21.6 Å². The molecule has 1 saturated carbocycles. The number of halogens is 6. The van der Waals surface area contributed by atoms with E-state index in [1.165, 1.54) is 10.4 Å². The molecular weight excluding hydrogens is 480 g/mol. The Balaban J connectivity index is 0.00000280. The fourth-order valence-electron chi connectivity index (χ4n) is 3.98. The molecule has 3 rings (SSSR count). The van der Waals surface area contributed by atoms with Crippen LogP contribution in [0.25, 0.3) is 0 Å². The molecule has 2 atom stereocenters. The molecule has 2 fully saturated rings. The van der Waals surface area contributed by atoms with Crippen molar-refractivity contribution in [1.82, 2.24) is 9.21 Å². The third-order valence-corrected chi connectivity index (χ3v) is 9.88. The van der Waals surface area contributed by atoms with E-state index in [1.807, 2.05) is 0 Å². The first-order valence-electron chi connectivity index (χ1n) is 8.73. The number of nitrogens with zero attached hydrogens (tertiary/aromatic N) is 2. The Kier molecular flexibility index (Phi) is 8.01. The van der Waals surface area contributed by atoms with Crippen LogP contribution in [0.5, 0.6) is 0 Å². The second-order valence-electron chi connectivity index (χ2n) is 7.18. The molecule has 1 aromatic rings. The first-order chi connectivity index (χ1) is 12.5. The summed E-state index contributed by atoms with van der Waals surface area (Å²) in [6, 6.07) is 1.30. The van der Waals surface area contributed by atoms with Gasteiger partial charge in [0.05, 0.1) is 10.9 Å². The van der Waals surface area contributed by atoms with Crippen LogP contribution in [0.2, 0.25) is 9.36 Å². The van der Waals surface area contributed by atoms with Gasteiger partial charge in [0.1, 0.15) is 8.55 Å². The summed E-state index contributed by atoms with van der Waals surface area (Å²) in [5, 5.41) is 0.213. The normalized spacial score (nSPS) is 25.2. The molecule has 0 amide bonds. The number of alkyl halides is 3. The van der Waals surface area contributed by atoms with Crippen molar-refractivity contribution in [3.8, 4) is 0 Å². The van der Waals surface area contributed by atoms with Crippen LogP contribution in [-0.2, 0) is 10.0 Å². The lowest BCUT2D eigenvalue weighted by Gasteiger charge is -2.37. The van der Waals surface area contributed by atoms with Crippen LogP contribution in [0.15, 0.2) is 10.3 Å². The minimum atomic E-state index is -4.12. The molecule has 1 aliphatic carbocycles. The van der Waals surface area contributed by atoms with Crippen LogP contribution >= 0.6 is 46.9 Å². The summed E-state index contributed by atoms with van der Waals surface area (Å²) in [4.78, 5) is 2.08. The Morgan fingerprint density at radius 2 is 1.79 bits per heavy atom. The van der Waals surface area contributed by atoms with E-state index in [9.17, 15) is 21.6 Å². The molecule has 0 aromatic carbocycles. The molecule has 1 aromatic heterocycles. The minimum absolute atomic E-state index is 0. The van der Waals surface area contributed by atoms with Crippen molar-refractivity contribution in [2.45, 2.75) is 54.6 Å². The average molecular weight is 502 g/mol. The van der Waals surface area contributed by atoms with Gasteiger partial charge in [-0.25, -0.2) is 8.42 Å². The molecule has 0 unspecified atom stereocenters. The summed E-state index contributed by atoms with van der Waals surface area (Å²) in [6.45, 7) is 0.822. The van der Waals surface area contributed by atoms with Crippen molar-refractivity contribution in [2.24, 2.45) is 5.92 Å². The van der Waals surface area contributed by atoms with Crippen LogP contribution in [-0.4, -0.2) is 56.0 Å². The van der Waals surface area contributed by atoms with Gasteiger partial charge in [-0.2, -0.15) is 17.5 Å². The summed E-state index contributed by atoms with van der Waals surface area (Å²) < 4.78 is 65.8. The van der Waals surface area contributed by atoms with Gasteiger partial charge in [-0.15, -0.1) is 23.7 Å². The van der Waals surface area contributed by atoms with Crippen LogP contribution in [0, 0.1) is 5.92 Å². The lowest BCUT2D eigenvalue weighted by atomic mass is 9.95. The Bertz CT molecular complexity index is 761. The van der Waals surface area contributed by atoms with Gasteiger partial charge >= 0.3 is 6.18 Å². The van der Waals surface area contributed by atoms with Gasteiger partial charge in [-0.1, -0.05) is 23.2 Å². The lowest BCUT2D eigenvalue weighted by Crippen LogP contribution is -2.44. The second-order valence-corrected chi connectivity index (χ2v) is 11.5. The SMILES string of the molecule is CN([C@@H]1CC[C@H](N2CCC(C(F)(F)F)CC2)C1)S(=O)(=O)c1cc(Cl)c(Cl)s1.Cl. The molecular formula is C16H22Cl3F3N2O2S2. The van der Waals surface area contributed by atoms with E-state index in [4.69, 9.17) is 23.2 Å². The highest BCUT2D eigenvalue weighted by molar-refractivity contribution is 7.91.